The molecule has 1 N–H and O–H groups in total. The molecule has 1 aliphatic rings. The summed E-state index contributed by atoms with van der Waals surface area (Å²) >= 11 is 0. The van der Waals surface area contributed by atoms with Gasteiger partial charge in [-0.1, -0.05) is 44.2 Å². The van der Waals surface area contributed by atoms with Gasteiger partial charge in [-0.05, 0) is 32.8 Å². The molecule has 2 rings (SSSR count). The number of carbonyl (C=O) groups excluding carboxylic acids is 1. The Morgan fingerprint density at radius 1 is 1.36 bits per heavy atom. The molecule has 2 atom stereocenters. The van der Waals surface area contributed by atoms with E-state index >= 15 is 0 Å². The molecule has 0 saturated carbocycles. The summed E-state index contributed by atoms with van der Waals surface area (Å²) in [6.07, 6.45) is 0.474. The minimum atomic E-state index is -0.480. The van der Waals surface area contributed by atoms with Crippen molar-refractivity contribution in [1.29, 1.82) is 0 Å². The summed E-state index contributed by atoms with van der Waals surface area (Å²) in [5.41, 5.74) is 0.699. The number of amides is 1. The first-order chi connectivity index (χ1) is 9.94. The number of rotatable bonds is 4. The van der Waals surface area contributed by atoms with E-state index in [1.165, 1.54) is 5.56 Å². The van der Waals surface area contributed by atoms with Crippen LogP contribution in [0.4, 0.5) is 4.79 Å². The molecule has 1 aromatic carbocycles. The van der Waals surface area contributed by atoms with Crippen molar-refractivity contribution in [2.45, 2.75) is 58.8 Å². The summed E-state index contributed by atoms with van der Waals surface area (Å²) in [6.45, 7) is 10.3. The van der Waals surface area contributed by atoms with Gasteiger partial charge in [-0.15, -0.1) is 0 Å². The van der Waals surface area contributed by atoms with Gasteiger partial charge in [0.05, 0.1) is 12.6 Å². The van der Waals surface area contributed by atoms with E-state index in [4.69, 9.17) is 9.47 Å². The molecule has 5 heteroatoms. The number of benzene rings is 1. The van der Waals surface area contributed by atoms with Crippen molar-refractivity contribution in [3.63, 3.8) is 0 Å². The molecule has 125 valence electrons. The van der Waals surface area contributed by atoms with Crippen LogP contribution in [0.25, 0.3) is 0 Å². The van der Waals surface area contributed by atoms with Crippen LogP contribution in [-0.2, 0) is 34.5 Å². The average molecular weight is 346 g/mol. The first-order valence-corrected chi connectivity index (χ1v) is 7.59. The van der Waals surface area contributed by atoms with Crippen LogP contribution in [0.2, 0.25) is 0 Å². The van der Waals surface area contributed by atoms with Crippen LogP contribution in [0.3, 0.4) is 0 Å². The van der Waals surface area contributed by atoms with Crippen LogP contribution in [0.1, 0.15) is 41.6 Å². The minimum Gasteiger partial charge on any atom is -0.444 e. The molecule has 1 heterocycles. The van der Waals surface area contributed by atoms with Crippen molar-refractivity contribution in [1.82, 2.24) is 5.32 Å². The number of epoxide rings is 1. The van der Waals surface area contributed by atoms with E-state index in [2.05, 4.69) is 5.32 Å². The third-order valence-electron chi connectivity index (χ3n) is 2.81. The monoisotopic (exact) mass is 346 g/mol. The Morgan fingerprint density at radius 3 is 2.36 bits per heavy atom. The van der Waals surface area contributed by atoms with Crippen LogP contribution in [0.15, 0.2) is 30.3 Å². The second-order valence-electron chi connectivity index (χ2n) is 5.81. The summed E-state index contributed by atoms with van der Waals surface area (Å²) < 4.78 is 10.6. The summed E-state index contributed by atoms with van der Waals surface area (Å²) in [5.74, 6) is 0. The molecule has 1 aromatic rings. The Balaban J connectivity index is 0. The van der Waals surface area contributed by atoms with E-state index in [9.17, 15) is 4.79 Å². The molecule has 1 fully saturated rings. The Kier molecular flexibility index (Phi) is 9.50. The van der Waals surface area contributed by atoms with Crippen LogP contribution in [-0.4, -0.2) is 30.4 Å². The number of alkyl carbamates (subject to hydrolysis) is 1. The molecule has 0 aliphatic carbocycles. The predicted octanol–water partition coefficient (Wildman–Crippen LogP) is 3.79. The second kappa shape index (κ2) is 9.93. The molecular weight excluding hydrogens is 317 g/mol. The van der Waals surface area contributed by atoms with E-state index in [1.807, 2.05) is 65.0 Å². The van der Waals surface area contributed by atoms with Crippen molar-refractivity contribution in [3.05, 3.63) is 35.9 Å². The number of hydrogen-bond acceptors (Lipinski definition) is 3. The van der Waals surface area contributed by atoms with Gasteiger partial charge in [-0.2, -0.15) is 0 Å². The first-order valence-electron chi connectivity index (χ1n) is 7.59. The van der Waals surface area contributed by atoms with Gasteiger partial charge >= 0.3 is 6.09 Å². The zero-order valence-electron chi connectivity index (χ0n) is 14.1. The van der Waals surface area contributed by atoms with Crippen LogP contribution >= 0.6 is 0 Å². The summed E-state index contributed by atoms with van der Waals surface area (Å²) in [6, 6.07) is 10.0. The van der Waals surface area contributed by atoms with Gasteiger partial charge in [-0.3, -0.25) is 0 Å². The minimum absolute atomic E-state index is 0. The average Bonchev–Trinajstić information content (AvgIpc) is 3.23. The van der Waals surface area contributed by atoms with Crippen LogP contribution < -0.4 is 5.32 Å². The fourth-order valence-electron chi connectivity index (χ4n) is 1.89. The zero-order chi connectivity index (χ0) is 15.9. The molecule has 1 radical (unpaired) electrons. The number of nitrogens with one attached hydrogen (secondary N) is 1. The number of ether oxygens (including phenoxy) is 2. The smallest absolute Gasteiger partial charge is 0.407 e. The third kappa shape index (κ3) is 8.47. The van der Waals surface area contributed by atoms with Crippen molar-refractivity contribution < 1.29 is 34.3 Å². The summed E-state index contributed by atoms with van der Waals surface area (Å²) in [7, 11) is 0. The quantitative estimate of drug-likeness (QED) is 0.844. The van der Waals surface area contributed by atoms with Gasteiger partial charge in [0.15, 0.2) is 0 Å². The van der Waals surface area contributed by atoms with Crippen molar-refractivity contribution >= 4 is 6.09 Å². The molecule has 4 nitrogen and oxygen atoms in total. The number of carbonyl (C=O) groups is 1. The molecule has 22 heavy (non-hydrogen) atoms. The maximum atomic E-state index is 11.8. The van der Waals surface area contributed by atoms with E-state index < -0.39 is 5.60 Å². The van der Waals surface area contributed by atoms with Gasteiger partial charge in [0, 0.05) is 20.0 Å². The van der Waals surface area contributed by atoms with E-state index in [0.29, 0.717) is 6.61 Å². The van der Waals surface area contributed by atoms with Crippen molar-refractivity contribution in [2.24, 2.45) is 0 Å². The predicted molar refractivity (Wildman–Crippen MR) is 86.5 cm³/mol. The standard InChI is InChI=1S/C15H21NO3.C2H6.V.H2/c1-15(2,3)19-14(17)16-12(13-10-18-13)9-11-7-5-4-6-8-11;1-2;;/h4-8,12-13H,9-10H2,1-3H3,(H,16,17);1-2H3;;1H/t12-,13+;;;/m0.../s1. The van der Waals surface area contributed by atoms with E-state index in [1.54, 1.807) is 0 Å². The fourth-order valence-corrected chi connectivity index (χ4v) is 1.89. The first kappa shape index (κ1) is 21.0. The zero-order valence-corrected chi connectivity index (χ0v) is 15.5. The maximum absolute atomic E-state index is 11.8. The largest absolute Gasteiger partial charge is 0.444 e. The molecule has 0 unspecified atom stereocenters. The van der Waals surface area contributed by atoms with Crippen LogP contribution in [0.5, 0.6) is 0 Å². The summed E-state index contributed by atoms with van der Waals surface area (Å²) in [4.78, 5) is 11.8. The Morgan fingerprint density at radius 2 is 1.91 bits per heavy atom. The molecule has 0 aromatic heterocycles. The topological polar surface area (TPSA) is 50.9 Å². The van der Waals surface area contributed by atoms with E-state index in [0.717, 1.165) is 6.42 Å². The molecule has 0 spiro atoms. The normalized spacial score (nSPS) is 17.2. The van der Waals surface area contributed by atoms with Crippen molar-refractivity contribution in [2.75, 3.05) is 6.61 Å². The number of hydrogen-bond donors (Lipinski definition) is 1. The third-order valence-corrected chi connectivity index (χ3v) is 2.81. The molecule has 1 saturated heterocycles. The molecule has 0 bridgehead atoms. The Labute approximate surface area is 147 Å². The van der Waals surface area contributed by atoms with Gasteiger partial charge in [-0.25, -0.2) is 4.79 Å². The fraction of sp³-hybridized carbons (Fsp3) is 0.588. The molecule has 1 aliphatic heterocycles. The van der Waals surface area contributed by atoms with E-state index in [-0.39, 0.29) is 38.2 Å². The van der Waals surface area contributed by atoms with Gasteiger partial charge < -0.3 is 14.8 Å². The van der Waals surface area contributed by atoms with Crippen LogP contribution in [0, 0.1) is 0 Å². The van der Waals surface area contributed by atoms with Gasteiger partial charge in [0.2, 0.25) is 0 Å². The Hall–Kier alpha value is -0.966. The SMILES string of the molecule is CC.CC(C)(C)OC(=O)N[C@@H](Cc1ccccc1)[C@H]1CO1.[HH].[V]. The van der Waals surface area contributed by atoms with Gasteiger partial charge in [0.1, 0.15) is 11.7 Å². The van der Waals surface area contributed by atoms with Crippen molar-refractivity contribution in [3.8, 4) is 0 Å². The summed E-state index contributed by atoms with van der Waals surface area (Å²) in [5, 5.41) is 2.90. The Bertz CT molecular complexity index is 433. The van der Waals surface area contributed by atoms with Gasteiger partial charge in [0.25, 0.3) is 0 Å². The second-order valence-corrected chi connectivity index (χ2v) is 5.81. The maximum Gasteiger partial charge on any atom is 0.407 e. The molecular formula is C17H29NO3V. The molecule has 1 amide bonds.